The van der Waals surface area contributed by atoms with Crippen molar-refractivity contribution in [2.24, 2.45) is 0 Å². The van der Waals surface area contributed by atoms with Crippen LogP contribution in [0, 0.1) is 12.7 Å². The number of nitrogens with one attached hydrogen (secondary N) is 1. The van der Waals surface area contributed by atoms with Crippen LogP contribution in [-0.4, -0.2) is 17.6 Å². The molecule has 1 N–H and O–H groups in total. The van der Waals surface area contributed by atoms with E-state index in [-0.39, 0.29) is 5.82 Å². The minimum Gasteiger partial charge on any atom is -0.464 e. The third-order valence-corrected chi connectivity index (χ3v) is 3.40. The quantitative estimate of drug-likeness (QED) is 0.860. The number of thiazole rings is 1. The number of esters is 1. The highest BCUT2D eigenvalue weighted by atomic mass is 32.1. The molecule has 2 rings (SSSR count). The van der Waals surface area contributed by atoms with Gasteiger partial charge in [0.05, 0.1) is 17.3 Å². The number of aromatic nitrogens is 1. The number of nitrogens with zero attached hydrogens (tertiary/aromatic N) is 1. The maximum absolute atomic E-state index is 12.9. The topological polar surface area (TPSA) is 51.2 Å². The van der Waals surface area contributed by atoms with E-state index < -0.39 is 12.0 Å². The second-order valence-electron chi connectivity index (χ2n) is 4.13. The van der Waals surface area contributed by atoms with Gasteiger partial charge in [0, 0.05) is 11.1 Å². The molecule has 0 fully saturated rings. The highest BCUT2D eigenvalue weighted by Crippen LogP contribution is 2.23. The van der Waals surface area contributed by atoms with Gasteiger partial charge in [-0.05, 0) is 38.1 Å². The molecule has 0 bridgehead atoms. The summed E-state index contributed by atoms with van der Waals surface area (Å²) >= 11 is 1.46. The van der Waals surface area contributed by atoms with Gasteiger partial charge < -0.3 is 10.1 Å². The highest BCUT2D eigenvalue weighted by molar-refractivity contribution is 7.09. The van der Waals surface area contributed by atoms with Crippen molar-refractivity contribution in [1.82, 2.24) is 4.98 Å². The van der Waals surface area contributed by atoms with Crippen LogP contribution in [0.25, 0.3) is 0 Å². The van der Waals surface area contributed by atoms with E-state index in [0.717, 1.165) is 5.01 Å². The van der Waals surface area contributed by atoms with E-state index in [1.807, 2.05) is 12.3 Å². The van der Waals surface area contributed by atoms with Gasteiger partial charge in [0.25, 0.3) is 0 Å². The first-order valence-electron chi connectivity index (χ1n) is 6.21. The highest BCUT2D eigenvalue weighted by Gasteiger charge is 2.24. The fourth-order valence-corrected chi connectivity index (χ4v) is 2.34. The Kier molecular flexibility index (Phi) is 4.68. The van der Waals surface area contributed by atoms with Gasteiger partial charge in [-0.1, -0.05) is 0 Å². The summed E-state index contributed by atoms with van der Waals surface area (Å²) in [5.74, 6) is -0.727. The zero-order valence-corrected chi connectivity index (χ0v) is 12.0. The van der Waals surface area contributed by atoms with Crippen LogP contribution in [0.1, 0.15) is 23.7 Å². The first kappa shape index (κ1) is 14.5. The summed E-state index contributed by atoms with van der Waals surface area (Å²) in [6, 6.07) is 5.11. The zero-order valence-electron chi connectivity index (χ0n) is 11.2. The van der Waals surface area contributed by atoms with Gasteiger partial charge >= 0.3 is 5.97 Å². The number of hydrogen-bond acceptors (Lipinski definition) is 5. The summed E-state index contributed by atoms with van der Waals surface area (Å²) in [6.07, 6.45) is 0. The molecule has 0 amide bonds. The van der Waals surface area contributed by atoms with Crippen molar-refractivity contribution >= 4 is 23.0 Å². The molecule has 1 heterocycles. The third-order valence-electron chi connectivity index (χ3n) is 2.61. The molecule has 1 aromatic heterocycles. The van der Waals surface area contributed by atoms with Gasteiger partial charge in [0.2, 0.25) is 0 Å². The van der Waals surface area contributed by atoms with Crippen LogP contribution < -0.4 is 5.32 Å². The van der Waals surface area contributed by atoms with Gasteiger partial charge in [-0.15, -0.1) is 11.3 Å². The Hall–Kier alpha value is -1.95. The van der Waals surface area contributed by atoms with Gasteiger partial charge in [0.15, 0.2) is 6.04 Å². The lowest BCUT2D eigenvalue weighted by Crippen LogP contribution is -2.23. The van der Waals surface area contributed by atoms with Gasteiger partial charge in [-0.3, -0.25) is 0 Å². The van der Waals surface area contributed by atoms with E-state index >= 15 is 0 Å². The molecule has 0 aliphatic heterocycles. The summed E-state index contributed by atoms with van der Waals surface area (Å²) < 4.78 is 18.0. The largest absolute Gasteiger partial charge is 0.464 e. The van der Waals surface area contributed by atoms with Crippen LogP contribution in [-0.2, 0) is 9.53 Å². The molecule has 4 nitrogen and oxygen atoms in total. The molecule has 1 unspecified atom stereocenters. The summed E-state index contributed by atoms with van der Waals surface area (Å²) in [5.41, 5.74) is 1.24. The Balaban J connectivity index is 2.22. The first-order chi connectivity index (χ1) is 9.60. The molecule has 1 aromatic carbocycles. The zero-order chi connectivity index (χ0) is 14.5. The van der Waals surface area contributed by atoms with E-state index in [1.165, 1.54) is 23.5 Å². The number of aryl methyl sites for hydroxylation is 1. The number of carbonyl (C=O) groups is 1. The second-order valence-corrected chi connectivity index (χ2v) is 5.19. The van der Waals surface area contributed by atoms with Crippen LogP contribution in [0.4, 0.5) is 10.1 Å². The van der Waals surface area contributed by atoms with Gasteiger partial charge in [-0.2, -0.15) is 0 Å². The van der Waals surface area contributed by atoms with E-state index in [2.05, 4.69) is 10.3 Å². The predicted octanol–water partition coefficient (Wildman–Crippen LogP) is 3.31. The van der Waals surface area contributed by atoms with Crippen molar-refractivity contribution in [3.05, 3.63) is 46.2 Å². The molecule has 0 spiro atoms. The Morgan fingerprint density at radius 2 is 2.15 bits per heavy atom. The fraction of sp³-hybridized carbons (Fsp3) is 0.286. The molecule has 2 aromatic rings. The Bertz CT molecular complexity index is 583. The number of anilines is 1. The molecule has 0 aliphatic rings. The summed E-state index contributed by atoms with van der Waals surface area (Å²) in [5, 5.41) is 5.71. The maximum atomic E-state index is 12.9. The van der Waals surface area contributed by atoms with E-state index in [4.69, 9.17) is 4.74 Å². The van der Waals surface area contributed by atoms with Crippen molar-refractivity contribution in [3.63, 3.8) is 0 Å². The van der Waals surface area contributed by atoms with Crippen LogP contribution >= 0.6 is 11.3 Å². The lowest BCUT2D eigenvalue weighted by atomic mass is 10.2. The molecule has 0 saturated heterocycles. The molecule has 20 heavy (non-hydrogen) atoms. The molecule has 0 saturated carbocycles. The minimum absolute atomic E-state index is 0.295. The first-order valence-corrected chi connectivity index (χ1v) is 7.09. The fourth-order valence-electron chi connectivity index (χ4n) is 1.70. The number of hydrogen-bond donors (Lipinski definition) is 1. The number of carbonyl (C=O) groups excluding carboxylic acids is 1. The number of halogens is 1. The molecular weight excluding hydrogens is 279 g/mol. The summed E-state index contributed by atoms with van der Waals surface area (Å²) in [4.78, 5) is 16.3. The second kappa shape index (κ2) is 6.47. The number of rotatable bonds is 5. The SMILES string of the molecule is CCOC(=O)C(Nc1ccc(F)cc1)c1csc(C)n1. The van der Waals surface area contributed by atoms with Crippen molar-refractivity contribution < 1.29 is 13.9 Å². The maximum Gasteiger partial charge on any atom is 0.334 e. The Morgan fingerprint density at radius 3 is 2.70 bits per heavy atom. The predicted molar refractivity (Wildman–Crippen MR) is 76.2 cm³/mol. The number of ether oxygens (including phenoxy) is 1. The van der Waals surface area contributed by atoms with Crippen LogP contribution in [0.5, 0.6) is 0 Å². The van der Waals surface area contributed by atoms with Crippen molar-refractivity contribution in [3.8, 4) is 0 Å². The normalized spacial score (nSPS) is 11.9. The lowest BCUT2D eigenvalue weighted by molar-refractivity contribution is -0.144. The molecule has 6 heteroatoms. The van der Waals surface area contributed by atoms with Crippen LogP contribution in [0.3, 0.4) is 0 Å². The lowest BCUT2D eigenvalue weighted by Gasteiger charge is -2.16. The molecule has 1 atom stereocenters. The van der Waals surface area contributed by atoms with Crippen molar-refractivity contribution in [1.29, 1.82) is 0 Å². The molecular formula is C14H15FN2O2S. The molecule has 0 aliphatic carbocycles. The van der Waals surface area contributed by atoms with Crippen molar-refractivity contribution in [2.45, 2.75) is 19.9 Å². The molecule has 106 valence electrons. The Labute approximate surface area is 120 Å². The summed E-state index contributed by atoms with van der Waals surface area (Å²) in [6.45, 7) is 3.91. The van der Waals surface area contributed by atoms with Crippen LogP contribution in [0.2, 0.25) is 0 Å². The average molecular weight is 294 g/mol. The minimum atomic E-state index is -0.689. The van der Waals surface area contributed by atoms with Crippen molar-refractivity contribution in [2.75, 3.05) is 11.9 Å². The Morgan fingerprint density at radius 1 is 1.45 bits per heavy atom. The smallest absolute Gasteiger partial charge is 0.334 e. The third kappa shape index (κ3) is 3.54. The van der Waals surface area contributed by atoms with E-state index in [9.17, 15) is 9.18 Å². The average Bonchev–Trinajstić information content (AvgIpc) is 2.84. The van der Waals surface area contributed by atoms with E-state index in [0.29, 0.717) is 18.0 Å². The summed E-state index contributed by atoms with van der Waals surface area (Å²) in [7, 11) is 0. The van der Waals surface area contributed by atoms with Crippen LogP contribution in [0.15, 0.2) is 29.6 Å². The number of benzene rings is 1. The monoisotopic (exact) mass is 294 g/mol. The molecule has 0 radical (unpaired) electrons. The standard InChI is InChI=1S/C14H15FN2O2S/c1-3-19-14(18)13(12-8-20-9(2)16-12)17-11-6-4-10(15)5-7-11/h4-8,13,17H,3H2,1-2H3. The van der Waals surface area contributed by atoms with Gasteiger partial charge in [-0.25, -0.2) is 14.2 Å². The van der Waals surface area contributed by atoms with E-state index in [1.54, 1.807) is 19.1 Å². The van der Waals surface area contributed by atoms with Gasteiger partial charge in [0.1, 0.15) is 5.82 Å².